The Hall–Kier alpha value is -1.06. The Labute approximate surface area is 78.2 Å². The van der Waals surface area contributed by atoms with Crippen LogP contribution in [0, 0.1) is 0 Å². The lowest BCUT2D eigenvalue weighted by Gasteiger charge is -2.28. The van der Waals surface area contributed by atoms with Crippen LogP contribution in [0.5, 0.6) is 0 Å². The Balaban J connectivity index is 0.000000845. The SMILES string of the molecule is O.c1ccc(N2CCOCC2)cc1. The minimum Gasteiger partial charge on any atom is -0.412 e. The van der Waals surface area contributed by atoms with E-state index in [-0.39, 0.29) is 5.48 Å². The highest BCUT2D eigenvalue weighted by Gasteiger charge is 2.09. The maximum atomic E-state index is 5.28. The minimum atomic E-state index is 0. The molecule has 0 aliphatic carbocycles. The molecule has 0 bridgehead atoms. The van der Waals surface area contributed by atoms with E-state index in [4.69, 9.17) is 4.74 Å². The molecule has 72 valence electrons. The molecule has 1 heterocycles. The maximum absolute atomic E-state index is 5.28. The second-order valence-electron chi connectivity index (χ2n) is 2.93. The molecule has 0 amide bonds. The zero-order chi connectivity index (χ0) is 8.23. The van der Waals surface area contributed by atoms with Gasteiger partial charge in [0.1, 0.15) is 0 Å². The van der Waals surface area contributed by atoms with Crippen molar-refractivity contribution in [1.82, 2.24) is 0 Å². The lowest BCUT2D eigenvalue weighted by atomic mass is 10.3. The van der Waals surface area contributed by atoms with Crippen LogP contribution in [0.15, 0.2) is 30.3 Å². The molecule has 2 N–H and O–H groups in total. The number of benzene rings is 1. The lowest BCUT2D eigenvalue weighted by Crippen LogP contribution is -2.36. The highest BCUT2D eigenvalue weighted by molar-refractivity contribution is 5.46. The van der Waals surface area contributed by atoms with Crippen molar-refractivity contribution in [3.63, 3.8) is 0 Å². The van der Waals surface area contributed by atoms with E-state index in [2.05, 4.69) is 29.2 Å². The fourth-order valence-corrected chi connectivity index (χ4v) is 1.46. The average molecular weight is 181 g/mol. The van der Waals surface area contributed by atoms with E-state index >= 15 is 0 Å². The molecule has 0 atom stereocenters. The van der Waals surface area contributed by atoms with Gasteiger partial charge in [-0.3, -0.25) is 0 Å². The van der Waals surface area contributed by atoms with E-state index in [1.165, 1.54) is 5.69 Å². The second-order valence-corrected chi connectivity index (χ2v) is 2.93. The highest BCUT2D eigenvalue weighted by atomic mass is 16.5. The first-order chi connectivity index (χ1) is 5.97. The van der Waals surface area contributed by atoms with Crippen molar-refractivity contribution in [2.24, 2.45) is 0 Å². The predicted molar refractivity (Wildman–Crippen MR) is 53.1 cm³/mol. The van der Waals surface area contributed by atoms with Gasteiger partial charge in [-0.1, -0.05) is 18.2 Å². The number of hydrogen-bond donors (Lipinski definition) is 0. The van der Waals surface area contributed by atoms with E-state index in [1.54, 1.807) is 0 Å². The van der Waals surface area contributed by atoms with Gasteiger partial charge in [0.15, 0.2) is 0 Å². The monoisotopic (exact) mass is 181 g/mol. The van der Waals surface area contributed by atoms with Gasteiger partial charge in [0.05, 0.1) is 13.2 Å². The zero-order valence-electron chi connectivity index (χ0n) is 7.57. The summed E-state index contributed by atoms with van der Waals surface area (Å²) in [6.07, 6.45) is 0. The van der Waals surface area contributed by atoms with Gasteiger partial charge in [0.25, 0.3) is 0 Å². The molecule has 0 unspecified atom stereocenters. The quantitative estimate of drug-likeness (QED) is 0.640. The standard InChI is InChI=1S/C10H13NO.H2O/c1-2-4-10(5-3-1)11-6-8-12-9-7-11;/h1-5H,6-9H2;1H2. The van der Waals surface area contributed by atoms with Crippen molar-refractivity contribution in [3.8, 4) is 0 Å². The molecule has 0 aromatic heterocycles. The smallest absolute Gasteiger partial charge is 0.0642 e. The van der Waals surface area contributed by atoms with Crippen LogP contribution in [0.4, 0.5) is 5.69 Å². The third kappa shape index (κ3) is 2.44. The number of rotatable bonds is 1. The molecule has 0 spiro atoms. The van der Waals surface area contributed by atoms with Gasteiger partial charge in [-0.2, -0.15) is 0 Å². The third-order valence-corrected chi connectivity index (χ3v) is 2.13. The summed E-state index contributed by atoms with van der Waals surface area (Å²) in [6.45, 7) is 3.75. The van der Waals surface area contributed by atoms with Crippen molar-refractivity contribution in [2.45, 2.75) is 0 Å². The van der Waals surface area contributed by atoms with Crippen molar-refractivity contribution < 1.29 is 10.2 Å². The summed E-state index contributed by atoms with van der Waals surface area (Å²) in [5.41, 5.74) is 1.31. The van der Waals surface area contributed by atoms with Gasteiger partial charge in [-0.25, -0.2) is 0 Å². The van der Waals surface area contributed by atoms with E-state index in [0.717, 1.165) is 26.3 Å². The normalized spacial score (nSPS) is 16.5. The van der Waals surface area contributed by atoms with Gasteiger partial charge < -0.3 is 15.1 Å². The molecule has 1 aliphatic heterocycles. The van der Waals surface area contributed by atoms with Gasteiger partial charge in [0.2, 0.25) is 0 Å². The van der Waals surface area contributed by atoms with E-state index in [9.17, 15) is 0 Å². The minimum absolute atomic E-state index is 0. The van der Waals surface area contributed by atoms with Crippen LogP contribution in [0.2, 0.25) is 0 Å². The Morgan fingerprint density at radius 1 is 1.00 bits per heavy atom. The molecule has 1 aliphatic rings. The summed E-state index contributed by atoms with van der Waals surface area (Å²) >= 11 is 0. The number of nitrogens with zero attached hydrogens (tertiary/aromatic N) is 1. The second kappa shape index (κ2) is 4.84. The molecule has 2 rings (SSSR count). The summed E-state index contributed by atoms with van der Waals surface area (Å²) in [6, 6.07) is 10.5. The number of morpholine rings is 1. The average Bonchev–Trinajstić information content (AvgIpc) is 2.21. The summed E-state index contributed by atoms with van der Waals surface area (Å²) in [7, 11) is 0. The molecular formula is C10H15NO2. The van der Waals surface area contributed by atoms with Gasteiger partial charge in [0, 0.05) is 18.8 Å². The topological polar surface area (TPSA) is 44.0 Å². The predicted octanol–water partition coefficient (Wildman–Crippen LogP) is 0.698. The molecule has 13 heavy (non-hydrogen) atoms. The lowest BCUT2D eigenvalue weighted by molar-refractivity contribution is 0.122. The molecule has 1 aromatic carbocycles. The summed E-state index contributed by atoms with van der Waals surface area (Å²) in [5, 5.41) is 0. The van der Waals surface area contributed by atoms with Crippen molar-refractivity contribution in [2.75, 3.05) is 31.2 Å². The molecular weight excluding hydrogens is 166 g/mol. The summed E-state index contributed by atoms with van der Waals surface area (Å²) in [4.78, 5) is 2.35. The number of hydrogen-bond acceptors (Lipinski definition) is 2. The van der Waals surface area contributed by atoms with Crippen LogP contribution >= 0.6 is 0 Å². The first kappa shape index (κ1) is 10.0. The molecule has 3 nitrogen and oxygen atoms in total. The van der Waals surface area contributed by atoms with Crippen molar-refractivity contribution in [1.29, 1.82) is 0 Å². The molecule has 0 saturated carbocycles. The van der Waals surface area contributed by atoms with Crippen LogP contribution in [0.3, 0.4) is 0 Å². The van der Waals surface area contributed by atoms with E-state index < -0.39 is 0 Å². The van der Waals surface area contributed by atoms with Crippen LogP contribution in [0.25, 0.3) is 0 Å². The van der Waals surface area contributed by atoms with Gasteiger partial charge >= 0.3 is 0 Å². The highest BCUT2D eigenvalue weighted by Crippen LogP contribution is 2.13. The molecule has 1 aromatic rings. The van der Waals surface area contributed by atoms with E-state index in [1.807, 2.05) is 6.07 Å². The maximum Gasteiger partial charge on any atom is 0.0642 e. The zero-order valence-corrected chi connectivity index (χ0v) is 7.57. The Morgan fingerprint density at radius 3 is 2.23 bits per heavy atom. The molecule has 0 radical (unpaired) electrons. The van der Waals surface area contributed by atoms with Gasteiger partial charge in [-0.15, -0.1) is 0 Å². The molecule has 3 heteroatoms. The van der Waals surface area contributed by atoms with Crippen molar-refractivity contribution >= 4 is 5.69 Å². The van der Waals surface area contributed by atoms with Crippen LogP contribution in [-0.2, 0) is 4.74 Å². The van der Waals surface area contributed by atoms with Crippen LogP contribution < -0.4 is 4.90 Å². The largest absolute Gasteiger partial charge is 0.412 e. The van der Waals surface area contributed by atoms with Crippen LogP contribution in [-0.4, -0.2) is 31.8 Å². The fourth-order valence-electron chi connectivity index (χ4n) is 1.46. The van der Waals surface area contributed by atoms with E-state index in [0.29, 0.717) is 0 Å². The third-order valence-electron chi connectivity index (χ3n) is 2.13. The number of anilines is 1. The summed E-state index contributed by atoms with van der Waals surface area (Å²) < 4.78 is 5.28. The number of para-hydroxylation sites is 1. The fraction of sp³-hybridized carbons (Fsp3) is 0.400. The van der Waals surface area contributed by atoms with Crippen LogP contribution in [0.1, 0.15) is 0 Å². The Morgan fingerprint density at radius 2 is 1.62 bits per heavy atom. The first-order valence-electron chi connectivity index (χ1n) is 4.34. The Bertz CT molecular complexity index is 232. The summed E-state index contributed by atoms with van der Waals surface area (Å²) in [5.74, 6) is 0. The molecule has 1 saturated heterocycles. The number of ether oxygens (including phenoxy) is 1. The first-order valence-corrected chi connectivity index (χ1v) is 4.34. The van der Waals surface area contributed by atoms with Crippen molar-refractivity contribution in [3.05, 3.63) is 30.3 Å². The molecule has 1 fully saturated rings. The van der Waals surface area contributed by atoms with Gasteiger partial charge in [-0.05, 0) is 12.1 Å². The Kier molecular flexibility index (Phi) is 3.73.